The summed E-state index contributed by atoms with van der Waals surface area (Å²) in [5, 5.41) is 12.0. The minimum Gasteiger partial charge on any atom is -0.496 e. The number of anilines is 3. The number of ether oxygens (including phenoxy) is 3. The summed E-state index contributed by atoms with van der Waals surface area (Å²) in [5.74, 6) is 2.99. The molecule has 0 unspecified atom stereocenters. The summed E-state index contributed by atoms with van der Waals surface area (Å²) in [6, 6.07) is 58.5. The van der Waals surface area contributed by atoms with Gasteiger partial charge >= 0.3 is 0 Å². The van der Waals surface area contributed by atoms with Gasteiger partial charge in [-0.25, -0.2) is 0 Å². The second kappa shape index (κ2) is 14.2. The van der Waals surface area contributed by atoms with Gasteiger partial charge in [0.15, 0.2) is 11.6 Å². The van der Waals surface area contributed by atoms with Crippen LogP contribution in [0.3, 0.4) is 0 Å². The Morgan fingerprint density at radius 3 is 1.47 bits per heavy atom. The number of nitrogens with zero attached hydrogens (tertiary/aromatic N) is 5. The number of aromatic nitrogens is 4. The fourth-order valence-electron chi connectivity index (χ4n) is 7.42. The fraction of sp³-hybridized carbons (Fsp3) is 0.0638. The van der Waals surface area contributed by atoms with E-state index in [4.69, 9.17) is 24.4 Å². The Morgan fingerprint density at radius 1 is 0.436 bits per heavy atom. The molecule has 268 valence electrons. The molecule has 0 aliphatic heterocycles. The number of hydrogen-bond acceptors (Lipinski definition) is 6. The van der Waals surface area contributed by atoms with Crippen molar-refractivity contribution in [3.63, 3.8) is 0 Å². The number of benzene rings is 7. The molecule has 0 aliphatic rings. The molecule has 0 N–H and O–H groups in total. The Kier molecular flexibility index (Phi) is 8.68. The zero-order valence-corrected chi connectivity index (χ0v) is 30.6. The van der Waals surface area contributed by atoms with Crippen molar-refractivity contribution in [2.24, 2.45) is 0 Å². The van der Waals surface area contributed by atoms with Gasteiger partial charge in [-0.15, -0.1) is 10.2 Å². The molecule has 9 rings (SSSR count). The number of para-hydroxylation sites is 4. The molecule has 2 heterocycles. The predicted molar refractivity (Wildman–Crippen MR) is 221 cm³/mol. The monoisotopic (exact) mass is 719 g/mol. The first-order valence-electron chi connectivity index (χ1n) is 18.0. The zero-order valence-electron chi connectivity index (χ0n) is 30.6. The number of rotatable bonds is 10. The van der Waals surface area contributed by atoms with Gasteiger partial charge in [0.25, 0.3) is 0 Å². The van der Waals surface area contributed by atoms with E-state index in [9.17, 15) is 0 Å². The van der Waals surface area contributed by atoms with Crippen molar-refractivity contribution in [1.82, 2.24) is 19.3 Å². The number of hydrogen-bond donors (Lipinski definition) is 0. The van der Waals surface area contributed by atoms with E-state index < -0.39 is 0 Å². The lowest BCUT2D eigenvalue weighted by molar-refractivity contribution is 0.377. The van der Waals surface area contributed by atoms with E-state index in [2.05, 4.69) is 131 Å². The second-order valence-electron chi connectivity index (χ2n) is 13.0. The first-order valence-corrected chi connectivity index (χ1v) is 18.0. The first kappa shape index (κ1) is 33.5. The summed E-state index contributed by atoms with van der Waals surface area (Å²) < 4.78 is 21.6. The van der Waals surface area contributed by atoms with Crippen LogP contribution in [0, 0.1) is 0 Å². The van der Waals surface area contributed by atoms with Gasteiger partial charge < -0.3 is 23.7 Å². The van der Waals surface area contributed by atoms with Gasteiger partial charge in [-0.3, -0.25) is 4.57 Å². The van der Waals surface area contributed by atoms with Crippen molar-refractivity contribution in [2.45, 2.75) is 0 Å². The largest absolute Gasteiger partial charge is 0.496 e. The normalized spacial score (nSPS) is 11.2. The van der Waals surface area contributed by atoms with Gasteiger partial charge in [-0.05, 0) is 84.9 Å². The van der Waals surface area contributed by atoms with Crippen LogP contribution in [0.4, 0.5) is 17.1 Å². The molecule has 0 atom stereocenters. The van der Waals surface area contributed by atoms with Crippen LogP contribution < -0.4 is 19.1 Å². The third-order valence-electron chi connectivity index (χ3n) is 9.96. The second-order valence-corrected chi connectivity index (χ2v) is 13.0. The van der Waals surface area contributed by atoms with Gasteiger partial charge in [0.05, 0.1) is 32.4 Å². The lowest BCUT2D eigenvalue weighted by atomic mass is 10.1. The summed E-state index contributed by atoms with van der Waals surface area (Å²) in [6.45, 7) is 0. The van der Waals surface area contributed by atoms with Crippen molar-refractivity contribution < 1.29 is 14.2 Å². The Labute approximate surface area is 319 Å². The summed E-state index contributed by atoms with van der Waals surface area (Å²) in [7, 11) is 4.86. The van der Waals surface area contributed by atoms with Crippen molar-refractivity contribution in [2.75, 3.05) is 26.2 Å². The Bertz CT molecular complexity index is 2680. The number of fused-ring (bicyclic) bond motifs is 3. The summed E-state index contributed by atoms with van der Waals surface area (Å²) in [4.78, 5) is 2.26. The van der Waals surface area contributed by atoms with Gasteiger partial charge in [0.1, 0.15) is 22.8 Å². The summed E-state index contributed by atoms with van der Waals surface area (Å²) in [5.41, 5.74) is 9.03. The van der Waals surface area contributed by atoms with Crippen molar-refractivity contribution in [1.29, 1.82) is 0 Å². The molecule has 0 spiro atoms. The van der Waals surface area contributed by atoms with Crippen LogP contribution in [0.15, 0.2) is 170 Å². The highest BCUT2D eigenvalue weighted by atomic mass is 16.5. The van der Waals surface area contributed by atoms with Crippen LogP contribution in [0.5, 0.6) is 17.2 Å². The van der Waals surface area contributed by atoms with Crippen LogP contribution in [0.1, 0.15) is 0 Å². The zero-order chi connectivity index (χ0) is 37.3. The maximum absolute atomic E-state index is 5.83. The van der Waals surface area contributed by atoms with E-state index in [0.717, 1.165) is 34.0 Å². The van der Waals surface area contributed by atoms with E-state index in [1.54, 1.807) is 21.3 Å². The Morgan fingerprint density at radius 2 is 0.909 bits per heavy atom. The highest BCUT2D eigenvalue weighted by Crippen LogP contribution is 2.43. The average Bonchev–Trinajstić information content (AvgIpc) is 3.84. The molecule has 0 radical (unpaired) electrons. The van der Waals surface area contributed by atoms with Gasteiger partial charge in [0, 0.05) is 56.9 Å². The summed E-state index contributed by atoms with van der Waals surface area (Å²) >= 11 is 0. The van der Waals surface area contributed by atoms with E-state index >= 15 is 0 Å². The maximum atomic E-state index is 5.83. The lowest BCUT2D eigenvalue weighted by Crippen LogP contribution is -2.10. The van der Waals surface area contributed by atoms with Gasteiger partial charge in [-0.1, -0.05) is 72.8 Å². The molecule has 0 saturated carbocycles. The molecule has 7 aromatic carbocycles. The standard InChI is InChI=1S/C47H37N5O3/c1-53-38-30-43(54-2)45(44(31-38)55-3)47-49-48-46(52(47)34-16-8-5-9-17-34)32-22-24-35(25-23-32)50(33-14-6-4-7-15-33)36-26-28-37(29-27-36)51-41-20-12-10-18-39(41)40-19-11-13-21-42(40)51/h4-31H,1-3H3. The minimum atomic E-state index is 0.561. The highest BCUT2D eigenvalue weighted by molar-refractivity contribution is 6.09. The molecule has 55 heavy (non-hydrogen) atoms. The van der Waals surface area contributed by atoms with E-state index in [1.165, 1.54) is 21.8 Å². The molecular formula is C47H37N5O3. The topological polar surface area (TPSA) is 66.6 Å². The molecule has 0 saturated heterocycles. The third-order valence-corrected chi connectivity index (χ3v) is 9.96. The average molecular weight is 720 g/mol. The molecule has 0 fully saturated rings. The van der Waals surface area contributed by atoms with Crippen molar-refractivity contribution >= 4 is 38.9 Å². The third kappa shape index (κ3) is 5.90. The highest BCUT2D eigenvalue weighted by Gasteiger charge is 2.25. The maximum Gasteiger partial charge on any atom is 0.176 e. The van der Waals surface area contributed by atoms with Crippen LogP contribution in [0.25, 0.3) is 56.0 Å². The Balaban J connectivity index is 1.13. The molecule has 0 aliphatic carbocycles. The molecule has 8 heteroatoms. The summed E-state index contributed by atoms with van der Waals surface area (Å²) in [6.07, 6.45) is 0. The Hall–Kier alpha value is -7.32. The number of methoxy groups -OCH3 is 3. The van der Waals surface area contributed by atoms with Crippen LogP contribution in [0.2, 0.25) is 0 Å². The molecular weight excluding hydrogens is 683 g/mol. The molecule has 9 aromatic rings. The molecule has 8 nitrogen and oxygen atoms in total. The van der Waals surface area contributed by atoms with Crippen LogP contribution in [-0.2, 0) is 0 Å². The molecule has 0 bridgehead atoms. The van der Waals surface area contributed by atoms with Crippen LogP contribution in [-0.4, -0.2) is 40.7 Å². The fourth-order valence-corrected chi connectivity index (χ4v) is 7.42. The van der Waals surface area contributed by atoms with Crippen molar-refractivity contribution in [3.8, 4) is 51.4 Å². The van der Waals surface area contributed by atoms with E-state index in [0.29, 0.717) is 34.5 Å². The van der Waals surface area contributed by atoms with E-state index in [1.807, 2.05) is 53.1 Å². The van der Waals surface area contributed by atoms with Gasteiger partial charge in [0.2, 0.25) is 0 Å². The van der Waals surface area contributed by atoms with Crippen molar-refractivity contribution in [3.05, 3.63) is 170 Å². The minimum absolute atomic E-state index is 0.561. The first-order chi connectivity index (χ1) is 27.2. The molecule has 2 aromatic heterocycles. The van der Waals surface area contributed by atoms with Gasteiger partial charge in [-0.2, -0.15) is 0 Å². The van der Waals surface area contributed by atoms with E-state index in [-0.39, 0.29) is 0 Å². The lowest BCUT2D eigenvalue weighted by Gasteiger charge is -2.26. The van der Waals surface area contributed by atoms with Crippen LogP contribution >= 0.6 is 0 Å². The SMILES string of the molecule is COc1cc(OC)c(-c2nnc(-c3ccc(N(c4ccccc4)c4ccc(-n5c6ccccc6c6ccccc65)cc4)cc3)n2-c2ccccc2)c(OC)c1. The molecule has 0 amide bonds. The predicted octanol–water partition coefficient (Wildman–Crippen LogP) is 11.2. The smallest absolute Gasteiger partial charge is 0.176 e. The quantitative estimate of drug-likeness (QED) is 0.140.